The molecule has 3 rings (SSSR count). The number of nitrogens with zero attached hydrogens (tertiary/aromatic N) is 1. The summed E-state index contributed by atoms with van der Waals surface area (Å²) in [6.07, 6.45) is 1.72. The molecule has 0 unspecified atom stereocenters. The molecular formula is C17H14N2O2. The molecule has 0 spiro atoms. The third-order valence-electron chi connectivity index (χ3n) is 3.23. The molecule has 4 nitrogen and oxygen atoms in total. The van der Waals surface area contributed by atoms with E-state index < -0.39 is 0 Å². The van der Waals surface area contributed by atoms with Crippen molar-refractivity contribution in [1.82, 2.24) is 4.98 Å². The predicted molar refractivity (Wildman–Crippen MR) is 82.7 cm³/mol. The molecule has 0 radical (unpaired) electrons. The lowest BCUT2D eigenvalue weighted by atomic mass is 10.1. The van der Waals surface area contributed by atoms with Crippen LogP contribution in [-0.4, -0.2) is 10.8 Å². The highest BCUT2D eigenvalue weighted by molar-refractivity contribution is 5.99. The van der Waals surface area contributed by atoms with Gasteiger partial charge in [0, 0.05) is 28.9 Å². The van der Waals surface area contributed by atoms with E-state index in [0.717, 1.165) is 10.9 Å². The Hall–Kier alpha value is -2.88. The summed E-state index contributed by atoms with van der Waals surface area (Å²) >= 11 is 0. The van der Waals surface area contributed by atoms with Crippen molar-refractivity contribution < 1.29 is 9.53 Å². The van der Waals surface area contributed by atoms with Crippen LogP contribution in [-0.2, 0) is 0 Å². The Labute approximate surface area is 122 Å². The fraction of sp³-hybridized carbons (Fsp3) is 0.0588. The quantitative estimate of drug-likeness (QED) is 0.584. The first-order valence-electron chi connectivity index (χ1n) is 6.57. The van der Waals surface area contributed by atoms with E-state index in [4.69, 9.17) is 10.5 Å². The van der Waals surface area contributed by atoms with Gasteiger partial charge in [-0.1, -0.05) is 18.2 Å². The number of ketones is 1. The predicted octanol–water partition coefficient (Wildman–Crippen LogP) is 3.81. The molecule has 21 heavy (non-hydrogen) atoms. The minimum absolute atomic E-state index is 0.0640. The van der Waals surface area contributed by atoms with E-state index >= 15 is 0 Å². The van der Waals surface area contributed by atoms with Crippen LogP contribution >= 0.6 is 0 Å². The lowest BCUT2D eigenvalue weighted by molar-refractivity contribution is 0.101. The summed E-state index contributed by atoms with van der Waals surface area (Å²) in [5.41, 5.74) is 7.57. The molecule has 2 N–H and O–H groups in total. The summed E-state index contributed by atoms with van der Waals surface area (Å²) in [6.45, 7) is 1.49. The highest BCUT2D eigenvalue weighted by atomic mass is 16.5. The second-order valence-electron chi connectivity index (χ2n) is 4.74. The van der Waals surface area contributed by atoms with Crippen molar-refractivity contribution in [1.29, 1.82) is 0 Å². The monoisotopic (exact) mass is 278 g/mol. The van der Waals surface area contributed by atoms with E-state index in [2.05, 4.69) is 4.98 Å². The molecule has 0 aliphatic heterocycles. The molecule has 0 bridgehead atoms. The Balaban J connectivity index is 1.99. The number of nitrogen functional groups attached to an aromatic ring is 1. The van der Waals surface area contributed by atoms with Crippen LogP contribution in [0.4, 0.5) is 5.69 Å². The number of nitrogens with two attached hydrogens (primary N) is 1. The Morgan fingerprint density at radius 3 is 2.71 bits per heavy atom. The number of fused-ring (bicyclic) bond motifs is 1. The van der Waals surface area contributed by atoms with Crippen molar-refractivity contribution in [2.45, 2.75) is 6.92 Å². The molecule has 3 aromatic rings. The number of hydrogen-bond acceptors (Lipinski definition) is 4. The van der Waals surface area contributed by atoms with Gasteiger partial charge in [-0.25, -0.2) is 0 Å². The summed E-state index contributed by atoms with van der Waals surface area (Å²) in [5.74, 6) is 1.17. The molecule has 0 saturated carbocycles. The Bertz CT molecular complexity index is 823. The topological polar surface area (TPSA) is 65.2 Å². The van der Waals surface area contributed by atoms with E-state index in [1.165, 1.54) is 6.92 Å². The first-order valence-corrected chi connectivity index (χ1v) is 6.57. The zero-order valence-corrected chi connectivity index (χ0v) is 11.5. The van der Waals surface area contributed by atoms with Gasteiger partial charge < -0.3 is 10.5 Å². The number of pyridine rings is 1. The average molecular weight is 278 g/mol. The number of Topliss-reactive ketones (excluding diaryl/α,β-unsaturated/α-hetero) is 1. The fourth-order valence-electron chi connectivity index (χ4n) is 2.21. The summed E-state index contributed by atoms with van der Waals surface area (Å²) in [4.78, 5) is 15.7. The lowest BCUT2D eigenvalue weighted by Gasteiger charge is -2.10. The number of anilines is 1. The minimum Gasteiger partial charge on any atom is -0.455 e. The van der Waals surface area contributed by atoms with Crippen molar-refractivity contribution in [2.24, 2.45) is 0 Å². The summed E-state index contributed by atoms with van der Waals surface area (Å²) in [6, 6.07) is 14.6. The van der Waals surface area contributed by atoms with Gasteiger partial charge in [-0.05, 0) is 31.2 Å². The maximum absolute atomic E-state index is 11.4. The zero-order chi connectivity index (χ0) is 14.8. The second-order valence-corrected chi connectivity index (χ2v) is 4.74. The number of ether oxygens (including phenoxy) is 1. The van der Waals surface area contributed by atoms with Crippen LogP contribution in [0.15, 0.2) is 54.7 Å². The molecule has 0 atom stereocenters. The molecule has 2 aromatic carbocycles. The van der Waals surface area contributed by atoms with Gasteiger partial charge >= 0.3 is 0 Å². The second kappa shape index (κ2) is 5.25. The van der Waals surface area contributed by atoms with Crippen LogP contribution in [0.1, 0.15) is 17.3 Å². The Kier molecular flexibility index (Phi) is 3.28. The number of benzene rings is 2. The van der Waals surface area contributed by atoms with Crippen LogP contribution in [0.3, 0.4) is 0 Å². The number of aromatic nitrogens is 1. The van der Waals surface area contributed by atoms with E-state index in [1.807, 2.05) is 30.3 Å². The van der Waals surface area contributed by atoms with Crippen molar-refractivity contribution in [2.75, 3.05) is 5.73 Å². The lowest BCUT2D eigenvalue weighted by Crippen LogP contribution is -1.99. The molecule has 1 heterocycles. The van der Waals surface area contributed by atoms with E-state index in [0.29, 0.717) is 22.7 Å². The van der Waals surface area contributed by atoms with E-state index in [1.54, 1.807) is 24.4 Å². The zero-order valence-electron chi connectivity index (χ0n) is 11.5. The molecule has 4 heteroatoms. The molecular weight excluding hydrogens is 264 g/mol. The first-order chi connectivity index (χ1) is 10.1. The van der Waals surface area contributed by atoms with Crippen LogP contribution in [0.25, 0.3) is 10.9 Å². The Morgan fingerprint density at radius 1 is 1.14 bits per heavy atom. The largest absolute Gasteiger partial charge is 0.455 e. The number of carbonyl (C=O) groups excluding carboxylic acids is 1. The van der Waals surface area contributed by atoms with Crippen molar-refractivity contribution in [3.05, 3.63) is 60.3 Å². The van der Waals surface area contributed by atoms with Crippen LogP contribution < -0.4 is 10.5 Å². The van der Waals surface area contributed by atoms with Gasteiger partial charge in [-0.3, -0.25) is 9.78 Å². The third kappa shape index (κ3) is 2.56. The van der Waals surface area contributed by atoms with Gasteiger partial charge in [-0.2, -0.15) is 0 Å². The smallest absolute Gasteiger partial charge is 0.161 e. The van der Waals surface area contributed by atoms with Crippen molar-refractivity contribution in [3.8, 4) is 11.5 Å². The summed E-state index contributed by atoms with van der Waals surface area (Å²) in [5, 5.41) is 1.00. The average Bonchev–Trinajstić information content (AvgIpc) is 2.47. The van der Waals surface area contributed by atoms with Gasteiger partial charge in [0.2, 0.25) is 0 Å². The van der Waals surface area contributed by atoms with E-state index in [9.17, 15) is 4.79 Å². The molecule has 0 aliphatic rings. The third-order valence-corrected chi connectivity index (χ3v) is 3.23. The normalized spacial score (nSPS) is 10.5. The van der Waals surface area contributed by atoms with Crippen molar-refractivity contribution >= 4 is 22.4 Å². The van der Waals surface area contributed by atoms with Crippen molar-refractivity contribution in [3.63, 3.8) is 0 Å². The van der Waals surface area contributed by atoms with Gasteiger partial charge in [0.15, 0.2) is 11.5 Å². The van der Waals surface area contributed by atoms with Crippen LogP contribution in [0.2, 0.25) is 0 Å². The molecule has 0 fully saturated rings. The number of carbonyl (C=O) groups is 1. The van der Waals surface area contributed by atoms with Crippen LogP contribution in [0, 0.1) is 0 Å². The minimum atomic E-state index is -0.0640. The molecule has 0 amide bonds. The number of rotatable bonds is 3. The number of hydrogen-bond donors (Lipinski definition) is 1. The molecule has 0 aliphatic carbocycles. The summed E-state index contributed by atoms with van der Waals surface area (Å²) < 4.78 is 5.85. The summed E-state index contributed by atoms with van der Waals surface area (Å²) in [7, 11) is 0. The molecule has 104 valence electrons. The maximum Gasteiger partial charge on any atom is 0.161 e. The highest BCUT2D eigenvalue weighted by Gasteiger charge is 2.08. The van der Waals surface area contributed by atoms with Gasteiger partial charge in [0.25, 0.3) is 0 Å². The fourth-order valence-corrected chi connectivity index (χ4v) is 2.21. The van der Waals surface area contributed by atoms with Gasteiger partial charge in [0.1, 0.15) is 11.3 Å². The molecule has 1 aromatic heterocycles. The maximum atomic E-state index is 11.4. The highest BCUT2D eigenvalue weighted by Crippen LogP contribution is 2.30. The first kappa shape index (κ1) is 13.1. The van der Waals surface area contributed by atoms with Gasteiger partial charge in [0.05, 0.1) is 0 Å². The standard InChI is InChI=1S/C17H14N2O2/c1-11(20)14-8-7-13(10-15(14)18)21-16-6-2-4-12-5-3-9-19-17(12)16/h2-10H,18H2,1H3. The SMILES string of the molecule is CC(=O)c1ccc(Oc2cccc3cccnc23)cc1N. The number of para-hydroxylation sites is 1. The molecule has 0 saturated heterocycles. The van der Waals surface area contributed by atoms with Gasteiger partial charge in [-0.15, -0.1) is 0 Å². The van der Waals surface area contributed by atoms with E-state index in [-0.39, 0.29) is 5.78 Å². The van der Waals surface area contributed by atoms with Crippen LogP contribution in [0.5, 0.6) is 11.5 Å². The Morgan fingerprint density at radius 2 is 1.95 bits per heavy atom.